The Kier molecular flexibility index (Phi) is 7.33. The van der Waals surface area contributed by atoms with Crippen molar-refractivity contribution in [3.63, 3.8) is 0 Å². The first-order valence-corrected chi connectivity index (χ1v) is 8.90. The van der Waals surface area contributed by atoms with Gasteiger partial charge in [0.1, 0.15) is 5.75 Å². The van der Waals surface area contributed by atoms with Crippen LogP contribution in [0, 0.1) is 0 Å². The van der Waals surface area contributed by atoms with Crippen molar-refractivity contribution in [1.82, 2.24) is 5.32 Å². The number of nitrogens with one attached hydrogen (secondary N) is 1. The van der Waals surface area contributed by atoms with Crippen molar-refractivity contribution < 1.29 is 9.53 Å². The van der Waals surface area contributed by atoms with Gasteiger partial charge in [0.2, 0.25) is 0 Å². The van der Waals surface area contributed by atoms with Crippen molar-refractivity contribution in [2.75, 3.05) is 25.0 Å². The zero-order valence-electron chi connectivity index (χ0n) is 15.4. The molecule has 1 atom stereocenters. The lowest BCUT2D eigenvalue weighted by Gasteiger charge is -2.20. The molecule has 134 valence electrons. The molecular weight excluding hydrogens is 312 g/mol. The Labute approximate surface area is 150 Å². The maximum absolute atomic E-state index is 12.2. The predicted octanol–water partition coefficient (Wildman–Crippen LogP) is 3.66. The molecule has 0 aromatic heterocycles. The maximum atomic E-state index is 12.2. The Morgan fingerprint density at radius 2 is 1.80 bits per heavy atom. The van der Waals surface area contributed by atoms with Gasteiger partial charge in [-0.25, -0.2) is 0 Å². The van der Waals surface area contributed by atoms with Gasteiger partial charge in [-0.05, 0) is 43.5 Å². The lowest BCUT2D eigenvalue weighted by Crippen LogP contribution is -2.37. The number of para-hydroxylation sites is 2. The van der Waals surface area contributed by atoms with Crippen LogP contribution in [0.5, 0.6) is 5.75 Å². The molecule has 4 heteroatoms. The van der Waals surface area contributed by atoms with Crippen molar-refractivity contribution in [2.24, 2.45) is 0 Å². The molecule has 1 amide bonds. The summed E-state index contributed by atoms with van der Waals surface area (Å²) in [4.78, 5) is 14.4. The number of aryl methyl sites for hydroxylation is 1. The number of nitrogens with zero attached hydrogens (tertiary/aromatic N) is 1. The van der Waals surface area contributed by atoms with Crippen LogP contribution in [0.15, 0.2) is 54.6 Å². The summed E-state index contributed by atoms with van der Waals surface area (Å²) in [5.74, 6) is 0.713. The van der Waals surface area contributed by atoms with Gasteiger partial charge in [-0.3, -0.25) is 4.79 Å². The minimum Gasteiger partial charge on any atom is -0.481 e. The normalized spacial score (nSPS) is 11.6. The van der Waals surface area contributed by atoms with E-state index in [2.05, 4.69) is 36.3 Å². The number of anilines is 1. The Balaban J connectivity index is 1.72. The number of benzene rings is 2. The molecule has 0 saturated carbocycles. The molecule has 0 saturated heterocycles. The summed E-state index contributed by atoms with van der Waals surface area (Å²) in [6, 6.07) is 18.1. The van der Waals surface area contributed by atoms with Crippen LogP contribution < -0.4 is 15.0 Å². The molecule has 0 bridgehead atoms. The van der Waals surface area contributed by atoms with Crippen LogP contribution in [0.2, 0.25) is 0 Å². The molecule has 0 aliphatic heterocycles. The summed E-state index contributed by atoms with van der Waals surface area (Å²) in [5, 5.41) is 2.96. The Morgan fingerprint density at radius 1 is 1.12 bits per heavy atom. The average molecular weight is 340 g/mol. The molecule has 0 aliphatic carbocycles. The quantitative estimate of drug-likeness (QED) is 0.708. The van der Waals surface area contributed by atoms with E-state index in [0.29, 0.717) is 6.54 Å². The molecule has 2 aromatic rings. The van der Waals surface area contributed by atoms with Crippen LogP contribution >= 0.6 is 0 Å². The van der Waals surface area contributed by atoms with Crippen molar-refractivity contribution in [1.29, 1.82) is 0 Å². The van der Waals surface area contributed by atoms with Crippen LogP contribution in [0.3, 0.4) is 0 Å². The van der Waals surface area contributed by atoms with Crippen LogP contribution in [0.25, 0.3) is 0 Å². The second-order valence-corrected chi connectivity index (χ2v) is 6.12. The van der Waals surface area contributed by atoms with E-state index in [4.69, 9.17) is 4.74 Å². The molecule has 2 rings (SSSR count). The highest BCUT2D eigenvalue weighted by Gasteiger charge is 2.15. The number of ether oxygens (including phenoxy) is 1. The summed E-state index contributed by atoms with van der Waals surface area (Å²) in [5.41, 5.74) is 2.30. The van der Waals surface area contributed by atoms with Gasteiger partial charge in [0, 0.05) is 25.8 Å². The van der Waals surface area contributed by atoms with Crippen molar-refractivity contribution in [3.8, 4) is 5.75 Å². The molecule has 0 unspecified atom stereocenters. The fourth-order valence-electron chi connectivity index (χ4n) is 2.64. The van der Waals surface area contributed by atoms with Crippen LogP contribution in [-0.2, 0) is 11.2 Å². The summed E-state index contributed by atoms with van der Waals surface area (Å²) in [7, 11) is 2.06. The zero-order chi connectivity index (χ0) is 18.1. The molecule has 0 heterocycles. The van der Waals surface area contributed by atoms with Gasteiger partial charge in [-0.2, -0.15) is 0 Å². The lowest BCUT2D eigenvalue weighted by atomic mass is 10.1. The Hall–Kier alpha value is -2.49. The summed E-state index contributed by atoms with van der Waals surface area (Å²) < 4.78 is 5.82. The number of hydrogen-bond donors (Lipinski definition) is 1. The number of carbonyl (C=O) groups is 1. The molecule has 0 spiro atoms. The first-order chi connectivity index (χ1) is 12.1. The predicted molar refractivity (Wildman–Crippen MR) is 103 cm³/mol. The fraction of sp³-hybridized carbons (Fsp3) is 0.381. The van der Waals surface area contributed by atoms with E-state index in [0.717, 1.165) is 30.7 Å². The van der Waals surface area contributed by atoms with Crippen LogP contribution in [0.1, 0.15) is 25.8 Å². The Morgan fingerprint density at radius 3 is 2.52 bits per heavy atom. The first-order valence-electron chi connectivity index (χ1n) is 8.90. The smallest absolute Gasteiger partial charge is 0.260 e. The van der Waals surface area contributed by atoms with Crippen molar-refractivity contribution in [2.45, 2.75) is 32.8 Å². The molecule has 4 nitrogen and oxygen atoms in total. The van der Waals surface area contributed by atoms with E-state index in [-0.39, 0.29) is 5.91 Å². The van der Waals surface area contributed by atoms with Crippen LogP contribution in [0.4, 0.5) is 5.69 Å². The van der Waals surface area contributed by atoms with E-state index in [1.165, 1.54) is 5.69 Å². The lowest BCUT2D eigenvalue weighted by molar-refractivity contribution is -0.127. The first kappa shape index (κ1) is 18.8. The Bertz CT molecular complexity index is 658. The number of hydrogen-bond acceptors (Lipinski definition) is 3. The highest BCUT2D eigenvalue weighted by Crippen LogP contribution is 2.19. The molecule has 0 radical (unpaired) electrons. The minimum absolute atomic E-state index is 0.0757. The summed E-state index contributed by atoms with van der Waals surface area (Å²) in [6.07, 6.45) is 1.27. The highest BCUT2D eigenvalue weighted by molar-refractivity contribution is 5.80. The topological polar surface area (TPSA) is 41.6 Å². The van der Waals surface area contributed by atoms with E-state index in [1.807, 2.05) is 42.5 Å². The van der Waals surface area contributed by atoms with Gasteiger partial charge < -0.3 is 15.0 Å². The van der Waals surface area contributed by atoms with E-state index in [9.17, 15) is 4.79 Å². The third kappa shape index (κ3) is 5.82. The number of carbonyl (C=O) groups excluding carboxylic acids is 1. The van der Waals surface area contributed by atoms with E-state index < -0.39 is 6.10 Å². The second kappa shape index (κ2) is 9.72. The molecule has 2 aromatic carbocycles. The van der Waals surface area contributed by atoms with Gasteiger partial charge in [0.25, 0.3) is 5.91 Å². The standard InChI is InChI=1S/C21H28N2O2/c1-4-18-11-8-9-14-20(18)25-17(2)21(24)22-15-10-16-23(3)19-12-6-5-7-13-19/h5-9,11-14,17H,4,10,15-16H2,1-3H3,(H,22,24)/t17-/m1/s1. The zero-order valence-corrected chi connectivity index (χ0v) is 15.4. The van der Waals surface area contributed by atoms with Crippen molar-refractivity contribution >= 4 is 11.6 Å². The highest BCUT2D eigenvalue weighted by atomic mass is 16.5. The second-order valence-electron chi connectivity index (χ2n) is 6.12. The van der Waals surface area contributed by atoms with E-state index >= 15 is 0 Å². The summed E-state index contributed by atoms with van der Waals surface area (Å²) >= 11 is 0. The number of amides is 1. The van der Waals surface area contributed by atoms with Gasteiger partial charge >= 0.3 is 0 Å². The largest absolute Gasteiger partial charge is 0.481 e. The summed E-state index contributed by atoms with van der Waals surface area (Å²) in [6.45, 7) is 5.39. The molecule has 1 N–H and O–H groups in total. The minimum atomic E-state index is -0.500. The van der Waals surface area contributed by atoms with Gasteiger partial charge in [-0.15, -0.1) is 0 Å². The third-order valence-corrected chi connectivity index (χ3v) is 4.19. The molecule has 0 aliphatic rings. The van der Waals surface area contributed by atoms with Gasteiger partial charge in [0.15, 0.2) is 6.10 Å². The van der Waals surface area contributed by atoms with E-state index in [1.54, 1.807) is 6.92 Å². The SMILES string of the molecule is CCc1ccccc1O[C@H](C)C(=O)NCCCN(C)c1ccccc1. The van der Waals surface area contributed by atoms with Crippen LogP contribution in [-0.4, -0.2) is 32.1 Å². The monoisotopic (exact) mass is 340 g/mol. The number of rotatable bonds is 9. The van der Waals surface area contributed by atoms with Gasteiger partial charge in [-0.1, -0.05) is 43.3 Å². The molecule has 0 fully saturated rings. The fourth-order valence-corrected chi connectivity index (χ4v) is 2.64. The van der Waals surface area contributed by atoms with Crippen molar-refractivity contribution in [3.05, 3.63) is 60.2 Å². The average Bonchev–Trinajstić information content (AvgIpc) is 2.65. The maximum Gasteiger partial charge on any atom is 0.260 e. The molecule has 25 heavy (non-hydrogen) atoms. The molecular formula is C21H28N2O2. The van der Waals surface area contributed by atoms with Gasteiger partial charge in [0.05, 0.1) is 0 Å². The third-order valence-electron chi connectivity index (χ3n) is 4.19.